The molecule has 1 rings (SSSR count). The van der Waals surface area contributed by atoms with Crippen molar-refractivity contribution in [3.8, 4) is 5.75 Å². The quantitative estimate of drug-likeness (QED) is 0.730. The summed E-state index contributed by atoms with van der Waals surface area (Å²) in [5, 5.41) is 3.48. The van der Waals surface area contributed by atoms with Gasteiger partial charge < -0.3 is 15.8 Å². The van der Waals surface area contributed by atoms with Crippen LogP contribution >= 0.6 is 0 Å². The fourth-order valence-corrected chi connectivity index (χ4v) is 1.95. The van der Waals surface area contributed by atoms with Gasteiger partial charge in [0.05, 0.1) is 7.11 Å². The molecule has 0 bridgehead atoms. The van der Waals surface area contributed by atoms with E-state index < -0.39 is 0 Å². The summed E-state index contributed by atoms with van der Waals surface area (Å²) in [6.45, 7) is 9.13. The highest BCUT2D eigenvalue weighted by Crippen LogP contribution is 2.23. The normalized spacial score (nSPS) is 12.5. The molecular formula is C15H26N2O. The number of ether oxygens (including phenoxy) is 1. The van der Waals surface area contributed by atoms with Crippen LogP contribution in [0.1, 0.15) is 30.0 Å². The molecule has 0 aliphatic carbocycles. The molecule has 1 unspecified atom stereocenters. The first-order valence-electron chi connectivity index (χ1n) is 6.64. The van der Waals surface area contributed by atoms with Gasteiger partial charge in [0.1, 0.15) is 5.75 Å². The maximum Gasteiger partial charge on any atom is 0.122 e. The lowest BCUT2D eigenvalue weighted by Crippen LogP contribution is -2.20. The Kier molecular flexibility index (Phi) is 6.16. The van der Waals surface area contributed by atoms with E-state index in [4.69, 9.17) is 10.5 Å². The van der Waals surface area contributed by atoms with Gasteiger partial charge in [-0.2, -0.15) is 0 Å². The zero-order valence-corrected chi connectivity index (χ0v) is 12.0. The third-order valence-electron chi connectivity index (χ3n) is 3.60. The molecule has 3 heteroatoms. The average molecular weight is 250 g/mol. The topological polar surface area (TPSA) is 47.3 Å². The Morgan fingerprint density at radius 1 is 1.28 bits per heavy atom. The van der Waals surface area contributed by atoms with Gasteiger partial charge >= 0.3 is 0 Å². The van der Waals surface area contributed by atoms with Crippen molar-refractivity contribution in [2.24, 2.45) is 11.7 Å². The van der Waals surface area contributed by atoms with Gasteiger partial charge in [0, 0.05) is 6.54 Å². The second-order valence-electron chi connectivity index (χ2n) is 4.98. The Labute approximate surface area is 111 Å². The molecule has 3 N–H and O–H groups in total. The van der Waals surface area contributed by atoms with Crippen molar-refractivity contribution in [3.63, 3.8) is 0 Å². The third kappa shape index (κ3) is 4.00. The molecule has 102 valence electrons. The molecule has 0 aliphatic heterocycles. The lowest BCUT2D eigenvalue weighted by molar-refractivity contribution is 0.411. The summed E-state index contributed by atoms with van der Waals surface area (Å²) in [5.41, 5.74) is 9.48. The van der Waals surface area contributed by atoms with Gasteiger partial charge in [-0.1, -0.05) is 13.0 Å². The van der Waals surface area contributed by atoms with Gasteiger partial charge in [-0.3, -0.25) is 0 Å². The van der Waals surface area contributed by atoms with Crippen LogP contribution in [0.3, 0.4) is 0 Å². The lowest BCUT2D eigenvalue weighted by atomic mass is 10.0. The van der Waals surface area contributed by atoms with Crippen LogP contribution in [0.2, 0.25) is 0 Å². The first kappa shape index (κ1) is 15.0. The first-order chi connectivity index (χ1) is 8.60. The third-order valence-corrected chi connectivity index (χ3v) is 3.60. The molecule has 18 heavy (non-hydrogen) atoms. The maximum atomic E-state index is 5.60. The van der Waals surface area contributed by atoms with Crippen molar-refractivity contribution in [1.82, 2.24) is 5.32 Å². The van der Waals surface area contributed by atoms with Gasteiger partial charge in [0.25, 0.3) is 0 Å². The number of benzene rings is 1. The van der Waals surface area contributed by atoms with Crippen molar-refractivity contribution in [2.75, 3.05) is 20.2 Å². The predicted octanol–water partition coefficient (Wildman–Crippen LogP) is 2.39. The standard InChI is InChI=1S/C15H26N2O/c1-11(9-16)7-8-17-10-14-5-6-15(18-4)13(3)12(14)2/h5-6,11,17H,7-10,16H2,1-4H3. The molecule has 1 aromatic rings. The SMILES string of the molecule is COc1ccc(CNCCC(C)CN)c(C)c1C. The largest absolute Gasteiger partial charge is 0.496 e. The van der Waals surface area contributed by atoms with E-state index in [1.807, 2.05) is 6.07 Å². The zero-order chi connectivity index (χ0) is 13.5. The molecule has 0 heterocycles. The summed E-state index contributed by atoms with van der Waals surface area (Å²) < 4.78 is 5.32. The lowest BCUT2D eigenvalue weighted by Gasteiger charge is -2.14. The van der Waals surface area contributed by atoms with Gasteiger partial charge in [-0.05, 0) is 62.0 Å². The Morgan fingerprint density at radius 3 is 2.61 bits per heavy atom. The van der Waals surface area contributed by atoms with Crippen LogP contribution in [0.5, 0.6) is 5.75 Å². The molecule has 0 saturated heterocycles. The number of hydrogen-bond donors (Lipinski definition) is 2. The monoisotopic (exact) mass is 250 g/mol. The van der Waals surface area contributed by atoms with Crippen LogP contribution < -0.4 is 15.8 Å². The fourth-order valence-electron chi connectivity index (χ4n) is 1.95. The Hall–Kier alpha value is -1.06. The number of nitrogens with one attached hydrogen (secondary N) is 1. The summed E-state index contributed by atoms with van der Waals surface area (Å²) in [5.74, 6) is 1.56. The van der Waals surface area contributed by atoms with Crippen LogP contribution in [0.25, 0.3) is 0 Å². The van der Waals surface area contributed by atoms with Crippen molar-refractivity contribution in [1.29, 1.82) is 0 Å². The smallest absolute Gasteiger partial charge is 0.122 e. The van der Waals surface area contributed by atoms with Crippen LogP contribution in [0, 0.1) is 19.8 Å². The molecule has 0 radical (unpaired) electrons. The van der Waals surface area contributed by atoms with Gasteiger partial charge in [-0.25, -0.2) is 0 Å². The van der Waals surface area contributed by atoms with Crippen LogP contribution in [-0.2, 0) is 6.54 Å². The van der Waals surface area contributed by atoms with Crippen LogP contribution in [-0.4, -0.2) is 20.2 Å². The van der Waals surface area contributed by atoms with Crippen molar-refractivity contribution < 1.29 is 4.74 Å². The summed E-state index contributed by atoms with van der Waals surface area (Å²) in [4.78, 5) is 0. The first-order valence-corrected chi connectivity index (χ1v) is 6.64. The van der Waals surface area contributed by atoms with Crippen LogP contribution in [0.15, 0.2) is 12.1 Å². The Morgan fingerprint density at radius 2 is 2.00 bits per heavy atom. The minimum atomic E-state index is 0.594. The molecule has 3 nitrogen and oxygen atoms in total. The molecule has 1 atom stereocenters. The second kappa shape index (κ2) is 7.39. The van der Waals surface area contributed by atoms with Crippen molar-refractivity contribution >= 4 is 0 Å². The van der Waals surface area contributed by atoms with Crippen molar-refractivity contribution in [2.45, 2.75) is 33.7 Å². The van der Waals surface area contributed by atoms with E-state index in [1.165, 1.54) is 16.7 Å². The Balaban J connectivity index is 2.50. The highest BCUT2D eigenvalue weighted by atomic mass is 16.5. The molecule has 1 aromatic carbocycles. The number of nitrogens with two attached hydrogens (primary N) is 1. The summed E-state index contributed by atoms with van der Waals surface area (Å²) in [7, 11) is 1.72. The highest BCUT2D eigenvalue weighted by Gasteiger charge is 2.06. The number of methoxy groups -OCH3 is 1. The number of rotatable bonds is 7. The van der Waals surface area contributed by atoms with E-state index in [2.05, 4.69) is 32.2 Å². The molecule has 0 aromatic heterocycles. The van der Waals surface area contributed by atoms with Gasteiger partial charge in [-0.15, -0.1) is 0 Å². The van der Waals surface area contributed by atoms with E-state index in [0.29, 0.717) is 5.92 Å². The average Bonchev–Trinajstić information content (AvgIpc) is 2.39. The molecule has 0 fully saturated rings. The van der Waals surface area contributed by atoms with Crippen molar-refractivity contribution in [3.05, 3.63) is 28.8 Å². The minimum absolute atomic E-state index is 0.594. The maximum absolute atomic E-state index is 5.60. The predicted molar refractivity (Wildman–Crippen MR) is 77.0 cm³/mol. The molecular weight excluding hydrogens is 224 g/mol. The minimum Gasteiger partial charge on any atom is -0.496 e. The van der Waals surface area contributed by atoms with Gasteiger partial charge in [0.15, 0.2) is 0 Å². The van der Waals surface area contributed by atoms with E-state index in [-0.39, 0.29) is 0 Å². The van der Waals surface area contributed by atoms with E-state index in [9.17, 15) is 0 Å². The summed E-state index contributed by atoms with van der Waals surface area (Å²) in [6.07, 6.45) is 1.13. The van der Waals surface area contributed by atoms with E-state index >= 15 is 0 Å². The van der Waals surface area contributed by atoms with E-state index in [1.54, 1.807) is 7.11 Å². The van der Waals surface area contributed by atoms with Gasteiger partial charge in [0.2, 0.25) is 0 Å². The summed E-state index contributed by atoms with van der Waals surface area (Å²) in [6, 6.07) is 4.18. The molecule has 0 spiro atoms. The number of hydrogen-bond acceptors (Lipinski definition) is 3. The fraction of sp³-hybridized carbons (Fsp3) is 0.600. The molecule has 0 amide bonds. The molecule has 0 saturated carbocycles. The highest BCUT2D eigenvalue weighted by molar-refractivity contribution is 5.43. The van der Waals surface area contributed by atoms with Crippen LogP contribution in [0.4, 0.5) is 0 Å². The molecule has 0 aliphatic rings. The van der Waals surface area contributed by atoms with E-state index in [0.717, 1.165) is 31.8 Å². The second-order valence-corrected chi connectivity index (χ2v) is 4.98. The summed E-state index contributed by atoms with van der Waals surface area (Å²) >= 11 is 0. The Bertz CT molecular complexity index is 377. The zero-order valence-electron chi connectivity index (χ0n) is 12.0.